The highest BCUT2D eigenvalue weighted by Crippen LogP contribution is 2.14. The number of piperazine rings is 1. The van der Waals surface area contributed by atoms with Crippen molar-refractivity contribution in [3.05, 3.63) is 22.4 Å². The summed E-state index contributed by atoms with van der Waals surface area (Å²) in [6.45, 7) is 5.26. The van der Waals surface area contributed by atoms with Gasteiger partial charge in [0.25, 0.3) is 5.91 Å². The molecule has 2 rings (SSSR count). The van der Waals surface area contributed by atoms with Crippen LogP contribution in [0.25, 0.3) is 0 Å². The second-order valence-electron chi connectivity index (χ2n) is 4.67. The minimum Gasteiger partial charge on any atom is -0.392 e. The average Bonchev–Trinajstić information content (AvgIpc) is 2.93. The van der Waals surface area contributed by atoms with Crippen molar-refractivity contribution in [1.29, 1.82) is 0 Å². The molecule has 1 fully saturated rings. The fourth-order valence-electron chi connectivity index (χ4n) is 2.44. The van der Waals surface area contributed by atoms with Gasteiger partial charge in [-0.15, -0.1) is 0 Å². The van der Waals surface area contributed by atoms with Gasteiger partial charge >= 0.3 is 0 Å². The molecule has 0 bridgehead atoms. The standard InChI is InChI=1S/C13H19N3OS2/c1-2-11(12(14)18)15-4-6-16(7-5-15)13(17)10-3-8-19-9-10/h3,8-9,11H,2,4-7H2,1H3,(H2,14,18). The fourth-order valence-corrected chi connectivity index (χ4v) is 3.39. The van der Waals surface area contributed by atoms with Gasteiger partial charge in [0.05, 0.1) is 16.6 Å². The van der Waals surface area contributed by atoms with Crippen molar-refractivity contribution in [3.63, 3.8) is 0 Å². The highest BCUT2D eigenvalue weighted by atomic mass is 32.1. The van der Waals surface area contributed by atoms with E-state index in [0.717, 1.165) is 38.2 Å². The van der Waals surface area contributed by atoms with E-state index in [9.17, 15) is 4.79 Å². The summed E-state index contributed by atoms with van der Waals surface area (Å²) >= 11 is 6.65. The van der Waals surface area contributed by atoms with Crippen LogP contribution in [0.4, 0.5) is 0 Å². The summed E-state index contributed by atoms with van der Waals surface area (Å²) in [6, 6.07) is 2.04. The first-order valence-electron chi connectivity index (χ1n) is 6.48. The van der Waals surface area contributed by atoms with Crippen LogP contribution in [0.15, 0.2) is 16.8 Å². The lowest BCUT2D eigenvalue weighted by atomic mass is 10.1. The topological polar surface area (TPSA) is 49.6 Å². The van der Waals surface area contributed by atoms with Crippen molar-refractivity contribution < 1.29 is 4.79 Å². The van der Waals surface area contributed by atoms with E-state index >= 15 is 0 Å². The molecule has 0 aliphatic carbocycles. The molecule has 6 heteroatoms. The largest absolute Gasteiger partial charge is 0.392 e. The van der Waals surface area contributed by atoms with Gasteiger partial charge in [0.15, 0.2) is 0 Å². The maximum absolute atomic E-state index is 12.2. The molecule has 0 aromatic carbocycles. The highest BCUT2D eigenvalue weighted by molar-refractivity contribution is 7.80. The van der Waals surface area contributed by atoms with E-state index < -0.39 is 0 Å². The van der Waals surface area contributed by atoms with Crippen molar-refractivity contribution in [3.8, 4) is 0 Å². The Morgan fingerprint density at radius 2 is 2.16 bits per heavy atom. The number of nitrogens with zero attached hydrogens (tertiary/aromatic N) is 2. The molecule has 1 aliphatic rings. The van der Waals surface area contributed by atoms with Gasteiger partial charge in [0, 0.05) is 31.6 Å². The Bertz CT molecular complexity index is 439. The SMILES string of the molecule is CCC(C(N)=S)N1CCN(C(=O)c2ccsc2)CC1. The molecule has 1 unspecified atom stereocenters. The van der Waals surface area contributed by atoms with Crippen LogP contribution in [0.2, 0.25) is 0 Å². The van der Waals surface area contributed by atoms with Crippen LogP contribution in [-0.2, 0) is 0 Å². The molecule has 19 heavy (non-hydrogen) atoms. The maximum atomic E-state index is 12.2. The Hall–Kier alpha value is -0.980. The van der Waals surface area contributed by atoms with E-state index in [0.29, 0.717) is 4.99 Å². The number of rotatable bonds is 4. The van der Waals surface area contributed by atoms with E-state index in [1.807, 2.05) is 21.7 Å². The Balaban J connectivity index is 1.92. The first-order valence-corrected chi connectivity index (χ1v) is 7.83. The molecular weight excluding hydrogens is 278 g/mol. The molecule has 1 aromatic heterocycles. The lowest BCUT2D eigenvalue weighted by molar-refractivity contribution is 0.0612. The predicted molar refractivity (Wildman–Crippen MR) is 82.7 cm³/mol. The number of hydrogen-bond acceptors (Lipinski definition) is 4. The lowest BCUT2D eigenvalue weighted by Crippen LogP contribution is -2.54. The van der Waals surface area contributed by atoms with Gasteiger partial charge in [0.2, 0.25) is 0 Å². The Morgan fingerprint density at radius 3 is 2.63 bits per heavy atom. The van der Waals surface area contributed by atoms with Crippen LogP contribution < -0.4 is 5.73 Å². The smallest absolute Gasteiger partial charge is 0.254 e. The zero-order valence-corrected chi connectivity index (χ0v) is 12.7. The molecule has 1 atom stereocenters. The number of amides is 1. The quantitative estimate of drug-likeness (QED) is 0.857. The lowest BCUT2D eigenvalue weighted by Gasteiger charge is -2.38. The molecule has 1 saturated heterocycles. The first kappa shape index (κ1) is 14.4. The fraction of sp³-hybridized carbons (Fsp3) is 0.538. The van der Waals surface area contributed by atoms with Crippen molar-refractivity contribution in [2.45, 2.75) is 19.4 Å². The number of carbonyl (C=O) groups excluding carboxylic acids is 1. The average molecular weight is 297 g/mol. The first-order chi connectivity index (χ1) is 9.13. The molecule has 0 radical (unpaired) electrons. The van der Waals surface area contributed by atoms with Gasteiger partial charge in [-0.3, -0.25) is 9.69 Å². The van der Waals surface area contributed by atoms with Crippen LogP contribution in [-0.4, -0.2) is 52.9 Å². The summed E-state index contributed by atoms with van der Waals surface area (Å²) in [4.78, 5) is 16.9. The Morgan fingerprint density at radius 1 is 1.47 bits per heavy atom. The second kappa shape index (κ2) is 6.45. The number of thiophene rings is 1. The van der Waals surface area contributed by atoms with Gasteiger partial charge in [-0.2, -0.15) is 11.3 Å². The van der Waals surface area contributed by atoms with Crippen LogP contribution in [0.3, 0.4) is 0 Å². The third kappa shape index (κ3) is 3.32. The van der Waals surface area contributed by atoms with Gasteiger partial charge in [0.1, 0.15) is 0 Å². The second-order valence-corrected chi connectivity index (χ2v) is 5.92. The monoisotopic (exact) mass is 297 g/mol. The molecule has 2 N–H and O–H groups in total. The normalized spacial score (nSPS) is 18.3. The summed E-state index contributed by atoms with van der Waals surface area (Å²) in [5.41, 5.74) is 6.55. The van der Waals surface area contributed by atoms with Gasteiger partial charge < -0.3 is 10.6 Å². The van der Waals surface area contributed by atoms with Gasteiger partial charge in [-0.05, 0) is 17.9 Å². The van der Waals surface area contributed by atoms with Crippen LogP contribution in [0.5, 0.6) is 0 Å². The molecule has 0 saturated carbocycles. The zero-order chi connectivity index (χ0) is 13.8. The molecule has 1 amide bonds. The summed E-state index contributed by atoms with van der Waals surface area (Å²) in [5, 5.41) is 3.84. The summed E-state index contributed by atoms with van der Waals surface area (Å²) in [6.07, 6.45) is 0.924. The molecular formula is C13H19N3OS2. The summed E-state index contributed by atoms with van der Waals surface area (Å²) in [7, 11) is 0. The minimum atomic E-state index is 0.129. The number of carbonyl (C=O) groups is 1. The van der Waals surface area contributed by atoms with E-state index in [1.165, 1.54) is 0 Å². The molecule has 4 nitrogen and oxygen atoms in total. The Kier molecular flexibility index (Phi) is 4.90. The number of nitrogens with two attached hydrogens (primary N) is 1. The van der Waals surface area contributed by atoms with Crippen LogP contribution in [0.1, 0.15) is 23.7 Å². The van der Waals surface area contributed by atoms with E-state index in [2.05, 4.69) is 11.8 Å². The van der Waals surface area contributed by atoms with Gasteiger partial charge in [-0.1, -0.05) is 19.1 Å². The van der Waals surface area contributed by atoms with Crippen molar-refractivity contribution >= 4 is 34.5 Å². The molecule has 1 aromatic rings. The molecule has 0 spiro atoms. The summed E-state index contributed by atoms with van der Waals surface area (Å²) in [5.74, 6) is 0.129. The Labute approximate surface area is 123 Å². The van der Waals surface area contributed by atoms with Crippen molar-refractivity contribution in [2.75, 3.05) is 26.2 Å². The molecule has 2 heterocycles. The van der Waals surface area contributed by atoms with Gasteiger partial charge in [-0.25, -0.2) is 0 Å². The van der Waals surface area contributed by atoms with Crippen molar-refractivity contribution in [2.24, 2.45) is 5.73 Å². The molecule has 104 valence electrons. The highest BCUT2D eigenvalue weighted by Gasteiger charge is 2.27. The summed E-state index contributed by atoms with van der Waals surface area (Å²) < 4.78 is 0. The van der Waals surface area contributed by atoms with Crippen LogP contribution in [0, 0.1) is 0 Å². The van der Waals surface area contributed by atoms with E-state index in [1.54, 1.807) is 11.3 Å². The van der Waals surface area contributed by atoms with Crippen molar-refractivity contribution in [1.82, 2.24) is 9.80 Å². The third-order valence-corrected chi connectivity index (χ3v) is 4.48. The van der Waals surface area contributed by atoms with E-state index in [4.69, 9.17) is 18.0 Å². The third-order valence-electron chi connectivity index (χ3n) is 3.53. The van der Waals surface area contributed by atoms with Crippen LogP contribution >= 0.6 is 23.6 Å². The maximum Gasteiger partial charge on any atom is 0.254 e. The predicted octanol–water partition coefficient (Wildman–Crippen LogP) is 1.57. The number of thiocarbonyl (C=S) groups is 1. The minimum absolute atomic E-state index is 0.129. The zero-order valence-electron chi connectivity index (χ0n) is 11.0. The molecule has 1 aliphatic heterocycles. The number of hydrogen-bond donors (Lipinski definition) is 1. The van der Waals surface area contributed by atoms with E-state index in [-0.39, 0.29) is 11.9 Å².